The van der Waals surface area contributed by atoms with Crippen LogP contribution in [0.4, 0.5) is 0 Å². The highest BCUT2D eigenvalue weighted by Gasteiger charge is 2.20. The molecular weight excluding hydrogens is 282 g/mol. The maximum Gasteiger partial charge on any atom is 0.260 e. The first kappa shape index (κ1) is 12.7. The number of aromatic amines is 1. The van der Waals surface area contributed by atoms with E-state index in [1.165, 1.54) is 11.3 Å². The lowest BCUT2D eigenvalue weighted by atomic mass is 10.1. The van der Waals surface area contributed by atoms with Gasteiger partial charge < -0.3 is 10.3 Å². The van der Waals surface area contributed by atoms with Gasteiger partial charge in [-0.1, -0.05) is 30.3 Å². The molecule has 0 saturated carbocycles. The van der Waals surface area contributed by atoms with Gasteiger partial charge in [-0.05, 0) is 24.9 Å². The number of nitrogens with zero attached hydrogens (tertiary/aromatic N) is 1. The Hall–Kier alpha value is -1.98. The third-order valence-corrected chi connectivity index (χ3v) is 4.81. The van der Waals surface area contributed by atoms with Crippen molar-refractivity contribution in [3.05, 3.63) is 51.9 Å². The van der Waals surface area contributed by atoms with Gasteiger partial charge in [0.05, 0.1) is 11.4 Å². The highest BCUT2D eigenvalue weighted by molar-refractivity contribution is 7.17. The molecule has 1 fully saturated rings. The van der Waals surface area contributed by atoms with E-state index in [9.17, 15) is 4.79 Å². The average molecular weight is 297 g/mol. The number of H-pyrrole nitrogens is 1. The fourth-order valence-electron chi connectivity index (χ4n) is 2.88. The summed E-state index contributed by atoms with van der Waals surface area (Å²) < 4.78 is 0. The van der Waals surface area contributed by atoms with Crippen molar-refractivity contribution < 1.29 is 0 Å². The minimum absolute atomic E-state index is 0.0381. The Kier molecular flexibility index (Phi) is 3.09. The molecule has 1 atom stereocenters. The zero-order chi connectivity index (χ0) is 14.2. The van der Waals surface area contributed by atoms with Gasteiger partial charge in [0.1, 0.15) is 10.7 Å². The van der Waals surface area contributed by atoms with Gasteiger partial charge in [-0.25, -0.2) is 4.98 Å². The molecule has 1 aliphatic rings. The number of rotatable bonds is 2. The topological polar surface area (TPSA) is 57.8 Å². The summed E-state index contributed by atoms with van der Waals surface area (Å²) in [6, 6.07) is 10.2. The molecule has 5 heteroatoms. The van der Waals surface area contributed by atoms with E-state index in [0.717, 1.165) is 41.2 Å². The first-order valence-corrected chi connectivity index (χ1v) is 8.01. The molecule has 1 aromatic carbocycles. The Morgan fingerprint density at radius 3 is 2.86 bits per heavy atom. The van der Waals surface area contributed by atoms with Gasteiger partial charge in [-0.3, -0.25) is 4.79 Å². The summed E-state index contributed by atoms with van der Waals surface area (Å²) in [7, 11) is 0. The second-order valence-electron chi connectivity index (χ2n) is 5.30. The molecule has 21 heavy (non-hydrogen) atoms. The first-order valence-electron chi connectivity index (χ1n) is 7.13. The zero-order valence-electron chi connectivity index (χ0n) is 11.4. The molecule has 4 rings (SSSR count). The second-order valence-corrected chi connectivity index (χ2v) is 6.15. The molecule has 2 N–H and O–H groups in total. The normalized spacial score (nSPS) is 18.4. The molecule has 106 valence electrons. The van der Waals surface area contributed by atoms with Crippen LogP contribution in [0.3, 0.4) is 0 Å². The van der Waals surface area contributed by atoms with Crippen LogP contribution >= 0.6 is 11.3 Å². The fraction of sp³-hybridized carbons (Fsp3) is 0.250. The number of aromatic nitrogens is 2. The minimum Gasteiger partial charge on any atom is -0.309 e. The van der Waals surface area contributed by atoms with Crippen LogP contribution in [0.1, 0.15) is 24.7 Å². The monoisotopic (exact) mass is 297 g/mol. The summed E-state index contributed by atoms with van der Waals surface area (Å²) in [6.45, 7) is 0.992. The Morgan fingerprint density at radius 1 is 1.24 bits per heavy atom. The number of benzene rings is 1. The number of fused-ring (bicyclic) bond motifs is 1. The lowest BCUT2D eigenvalue weighted by Gasteiger charge is -2.08. The van der Waals surface area contributed by atoms with Crippen LogP contribution in [-0.4, -0.2) is 16.5 Å². The van der Waals surface area contributed by atoms with Crippen LogP contribution < -0.4 is 10.9 Å². The summed E-state index contributed by atoms with van der Waals surface area (Å²) in [5, 5.41) is 6.10. The molecule has 4 nitrogen and oxygen atoms in total. The number of nitrogens with one attached hydrogen (secondary N) is 2. The molecule has 0 spiro atoms. The SMILES string of the molecule is O=c1[nH]c(C2CCCN2)nc2scc(-c3ccccc3)c12. The van der Waals surface area contributed by atoms with Crippen LogP contribution in [0.25, 0.3) is 21.3 Å². The lowest BCUT2D eigenvalue weighted by Crippen LogP contribution is -2.20. The predicted octanol–water partition coefficient (Wildman–Crippen LogP) is 3.08. The summed E-state index contributed by atoms with van der Waals surface area (Å²) in [4.78, 5) is 20.9. The molecule has 0 bridgehead atoms. The molecule has 1 aliphatic heterocycles. The van der Waals surface area contributed by atoms with Crippen molar-refractivity contribution in [1.82, 2.24) is 15.3 Å². The molecule has 0 aliphatic carbocycles. The predicted molar refractivity (Wildman–Crippen MR) is 85.7 cm³/mol. The van der Waals surface area contributed by atoms with E-state index in [2.05, 4.69) is 15.3 Å². The van der Waals surface area contributed by atoms with Gasteiger partial charge in [-0.2, -0.15) is 0 Å². The van der Waals surface area contributed by atoms with Gasteiger partial charge in [0.15, 0.2) is 0 Å². The molecular formula is C16H15N3OS. The zero-order valence-corrected chi connectivity index (χ0v) is 12.2. The molecule has 0 amide bonds. The van der Waals surface area contributed by atoms with E-state index in [-0.39, 0.29) is 11.6 Å². The van der Waals surface area contributed by atoms with Crippen LogP contribution in [0.5, 0.6) is 0 Å². The summed E-state index contributed by atoms with van der Waals surface area (Å²) >= 11 is 1.54. The van der Waals surface area contributed by atoms with Crippen LogP contribution in [0, 0.1) is 0 Å². The third kappa shape index (κ3) is 2.18. The largest absolute Gasteiger partial charge is 0.309 e. The standard InChI is InChI=1S/C16H15N3OS/c20-15-13-11(10-5-2-1-3-6-10)9-21-16(13)19-14(18-15)12-7-4-8-17-12/h1-3,5-6,9,12,17H,4,7-8H2,(H,18,19,20). The minimum atomic E-state index is -0.0381. The molecule has 3 aromatic rings. The summed E-state index contributed by atoms with van der Waals surface area (Å²) in [5.41, 5.74) is 1.99. The number of thiophene rings is 1. The summed E-state index contributed by atoms with van der Waals surface area (Å²) in [6.07, 6.45) is 2.16. The van der Waals surface area contributed by atoms with Gasteiger partial charge in [-0.15, -0.1) is 11.3 Å². The highest BCUT2D eigenvalue weighted by atomic mass is 32.1. The first-order chi connectivity index (χ1) is 10.3. The van der Waals surface area contributed by atoms with E-state index in [0.29, 0.717) is 5.39 Å². The van der Waals surface area contributed by atoms with Crippen molar-refractivity contribution in [1.29, 1.82) is 0 Å². The molecule has 2 aromatic heterocycles. The quantitative estimate of drug-likeness (QED) is 0.764. The smallest absolute Gasteiger partial charge is 0.260 e. The molecule has 0 radical (unpaired) electrons. The third-order valence-electron chi connectivity index (χ3n) is 3.94. The Balaban J connectivity index is 1.88. The lowest BCUT2D eigenvalue weighted by molar-refractivity contribution is 0.606. The Morgan fingerprint density at radius 2 is 2.10 bits per heavy atom. The fourth-order valence-corrected chi connectivity index (χ4v) is 3.83. The molecule has 1 saturated heterocycles. The molecule has 3 heterocycles. The van der Waals surface area contributed by atoms with Crippen molar-refractivity contribution in [3.63, 3.8) is 0 Å². The van der Waals surface area contributed by atoms with Crippen molar-refractivity contribution in [2.24, 2.45) is 0 Å². The Labute approximate surface area is 125 Å². The van der Waals surface area contributed by atoms with Gasteiger partial charge in [0.25, 0.3) is 5.56 Å². The maximum atomic E-state index is 12.5. The number of hydrogen-bond donors (Lipinski definition) is 2. The van der Waals surface area contributed by atoms with E-state index < -0.39 is 0 Å². The number of hydrogen-bond acceptors (Lipinski definition) is 4. The van der Waals surface area contributed by atoms with E-state index in [4.69, 9.17) is 0 Å². The second kappa shape index (κ2) is 5.09. The van der Waals surface area contributed by atoms with E-state index in [1.807, 2.05) is 35.7 Å². The van der Waals surface area contributed by atoms with Gasteiger partial charge in [0, 0.05) is 10.9 Å². The van der Waals surface area contributed by atoms with Gasteiger partial charge in [0.2, 0.25) is 0 Å². The van der Waals surface area contributed by atoms with Crippen molar-refractivity contribution in [2.75, 3.05) is 6.54 Å². The maximum absolute atomic E-state index is 12.5. The average Bonchev–Trinajstić information content (AvgIpc) is 3.17. The van der Waals surface area contributed by atoms with Gasteiger partial charge >= 0.3 is 0 Å². The van der Waals surface area contributed by atoms with Crippen molar-refractivity contribution in [2.45, 2.75) is 18.9 Å². The van der Waals surface area contributed by atoms with E-state index >= 15 is 0 Å². The van der Waals surface area contributed by atoms with Crippen molar-refractivity contribution >= 4 is 21.6 Å². The Bertz CT molecular complexity index is 832. The van der Waals surface area contributed by atoms with Crippen LogP contribution in [0.15, 0.2) is 40.5 Å². The highest BCUT2D eigenvalue weighted by Crippen LogP contribution is 2.31. The van der Waals surface area contributed by atoms with Crippen molar-refractivity contribution in [3.8, 4) is 11.1 Å². The van der Waals surface area contributed by atoms with Crippen LogP contribution in [0.2, 0.25) is 0 Å². The molecule has 1 unspecified atom stereocenters. The summed E-state index contributed by atoms with van der Waals surface area (Å²) in [5.74, 6) is 0.770. The van der Waals surface area contributed by atoms with Crippen LogP contribution in [-0.2, 0) is 0 Å². The van der Waals surface area contributed by atoms with E-state index in [1.54, 1.807) is 0 Å².